The Labute approximate surface area is 111 Å². The molecule has 0 bridgehead atoms. The van der Waals surface area contributed by atoms with Gasteiger partial charge in [0.1, 0.15) is 0 Å². The van der Waals surface area contributed by atoms with Crippen LogP contribution in [0.4, 0.5) is 4.79 Å². The number of hydrogen-bond donors (Lipinski definition) is 0. The van der Waals surface area contributed by atoms with Crippen LogP contribution >= 0.6 is 15.9 Å². The lowest BCUT2D eigenvalue weighted by molar-refractivity contribution is 0.194. The molecule has 0 aromatic heterocycles. The molecule has 2 rings (SSSR count). The summed E-state index contributed by atoms with van der Waals surface area (Å²) in [7, 11) is 0. The molecule has 4 heteroatoms. The lowest BCUT2D eigenvalue weighted by Gasteiger charge is -2.17. The first-order valence-electron chi connectivity index (χ1n) is 5.95. The number of carbonyl (C=O) groups excluding carboxylic acids is 1. The average molecular weight is 297 g/mol. The second kappa shape index (κ2) is 6.05. The summed E-state index contributed by atoms with van der Waals surface area (Å²) in [5.74, 6) is 0. The van der Waals surface area contributed by atoms with E-state index in [1.54, 1.807) is 0 Å². The molecule has 0 atom stereocenters. The van der Waals surface area contributed by atoms with E-state index in [9.17, 15) is 4.79 Å². The molecule has 1 aliphatic heterocycles. The first kappa shape index (κ1) is 12.4. The Morgan fingerprint density at radius 2 is 1.71 bits per heavy atom. The maximum absolute atomic E-state index is 11.9. The predicted molar refractivity (Wildman–Crippen MR) is 72.5 cm³/mol. The van der Waals surface area contributed by atoms with Crippen molar-refractivity contribution < 1.29 is 4.79 Å². The molecule has 0 N–H and O–H groups in total. The largest absolute Gasteiger partial charge is 0.323 e. The topological polar surface area (TPSA) is 23.6 Å². The molecule has 1 aromatic rings. The quantitative estimate of drug-likeness (QED) is 0.765. The lowest BCUT2D eigenvalue weighted by atomic mass is 10.1. The van der Waals surface area contributed by atoms with Gasteiger partial charge < -0.3 is 9.80 Å². The smallest absolute Gasteiger partial charge is 0.320 e. The standard InChI is InChI=1S/C13H17BrN2O/c14-7-9-16-11-10-15(13(16)17)8-6-12-4-2-1-3-5-12/h1-5H,6-11H2. The molecule has 1 aromatic carbocycles. The molecular formula is C13H17BrN2O. The van der Waals surface area contributed by atoms with Crippen LogP contribution in [0.25, 0.3) is 0 Å². The molecule has 0 spiro atoms. The molecule has 3 nitrogen and oxygen atoms in total. The second-order valence-corrected chi connectivity index (χ2v) is 4.97. The number of benzene rings is 1. The third-order valence-corrected chi connectivity index (χ3v) is 3.40. The molecule has 2 amide bonds. The number of alkyl halides is 1. The Morgan fingerprint density at radius 1 is 1.06 bits per heavy atom. The van der Waals surface area contributed by atoms with Crippen LogP contribution in [0.5, 0.6) is 0 Å². The Kier molecular flexibility index (Phi) is 4.42. The van der Waals surface area contributed by atoms with Crippen LogP contribution in [-0.4, -0.2) is 47.3 Å². The van der Waals surface area contributed by atoms with Gasteiger partial charge in [-0.3, -0.25) is 0 Å². The molecule has 0 unspecified atom stereocenters. The lowest BCUT2D eigenvalue weighted by Crippen LogP contribution is -2.34. The van der Waals surface area contributed by atoms with Gasteiger partial charge in [-0.2, -0.15) is 0 Å². The maximum atomic E-state index is 11.9. The van der Waals surface area contributed by atoms with E-state index in [0.29, 0.717) is 0 Å². The van der Waals surface area contributed by atoms with E-state index in [1.165, 1.54) is 5.56 Å². The highest BCUT2D eigenvalue weighted by Crippen LogP contribution is 2.10. The number of nitrogens with zero attached hydrogens (tertiary/aromatic N) is 2. The highest BCUT2D eigenvalue weighted by molar-refractivity contribution is 9.09. The summed E-state index contributed by atoms with van der Waals surface area (Å²) in [6.07, 6.45) is 0.939. The number of halogens is 1. The SMILES string of the molecule is O=C1N(CCBr)CCN1CCc1ccccc1. The summed E-state index contributed by atoms with van der Waals surface area (Å²) in [6.45, 7) is 3.35. The Morgan fingerprint density at radius 3 is 2.35 bits per heavy atom. The minimum Gasteiger partial charge on any atom is -0.323 e. The van der Waals surface area contributed by atoms with Gasteiger partial charge in [0.25, 0.3) is 0 Å². The summed E-state index contributed by atoms with van der Waals surface area (Å²) >= 11 is 3.37. The van der Waals surface area contributed by atoms with E-state index in [2.05, 4.69) is 28.1 Å². The number of hydrogen-bond acceptors (Lipinski definition) is 1. The van der Waals surface area contributed by atoms with Crippen LogP contribution < -0.4 is 0 Å². The maximum Gasteiger partial charge on any atom is 0.320 e. The van der Waals surface area contributed by atoms with Crippen molar-refractivity contribution in [1.82, 2.24) is 9.80 Å². The number of urea groups is 1. The minimum atomic E-state index is 0.181. The highest BCUT2D eigenvalue weighted by Gasteiger charge is 2.26. The van der Waals surface area contributed by atoms with Crippen molar-refractivity contribution in [3.8, 4) is 0 Å². The van der Waals surface area contributed by atoms with Crippen molar-refractivity contribution in [3.05, 3.63) is 35.9 Å². The summed E-state index contributed by atoms with van der Waals surface area (Å²) in [5, 5.41) is 0.852. The van der Waals surface area contributed by atoms with Gasteiger partial charge in [0, 0.05) is 31.5 Å². The molecule has 0 radical (unpaired) electrons. The molecule has 1 saturated heterocycles. The van der Waals surface area contributed by atoms with Crippen molar-refractivity contribution in [2.75, 3.05) is 31.5 Å². The first-order chi connectivity index (χ1) is 8.31. The van der Waals surface area contributed by atoms with E-state index in [0.717, 1.165) is 37.9 Å². The Bertz CT molecular complexity index is 369. The predicted octanol–water partition coefficient (Wildman–Crippen LogP) is 2.36. The van der Waals surface area contributed by atoms with E-state index in [-0.39, 0.29) is 6.03 Å². The highest BCUT2D eigenvalue weighted by atomic mass is 79.9. The molecular weight excluding hydrogens is 280 g/mol. The average Bonchev–Trinajstić information content (AvgIpc) is 2.70. The fourth-order valence-corrected chi connectivity index (χ4v) is 2.49. The summed E-state index contributed by atoms with van der Waals surface area (Å²) in [5.41, 5.74) is 1.29. The van der Waals surface area contributed by atoms with E-state index in [1.807, 2.05) is 28.0 Å². The third-order valence-electron chi connectivity index (χ3n) is 3.05. The normalized spacial score (nSPS) is 15.7. The van der Waals surface area contributed by atoms with Crippen molar-refractivity contribution in [2.45, 2.75) is 6.42 Å². The van der Waals surface area contributed by atoms with Gasteiger partial charge >= 0.3 is 6.03 Å². The first-order valence-corrected chi connectivity index (χ1v) is 7.07. The van der Waals surface area contributed by atoms with E-state index < -0.39 is 0 Å². The van der Waals surface area contributed by atoms with Gasteiger partial charge in [0.15, 0.2) is 0 Å². The number of carbonyl (C=O) groups is 1. The van der Waals surface area contributed by atoms with Crippen molar-refractivity contribution in [2.24, 2.45) is 0 Å². The van der Waals surface area contributed by atoms with Gasteiger partial charge in [-0.15, -0.1) is 0 Å². The van der Waals surface area contributed by atoms with Crippen LogP contribution in [0.2, 0.25) is 0 Å². The van der Waals surface area contributed by atoms with Crippen LogP contribution in [0.1, 0.15) is 5.56 Å². The molecule has 92 valence electrons. The van der Waals surface area contributed by atoms with Crippen molar-refractivity contribution >= 4 is 22.0 Å². The van der Waals surface area contributed by atoms with Gasteiger partial charge in [-0.25, -0.2) is 4.79 Å². The molecule has 1 fully saturated rings. The van der Waals surface area contributed by atoms with Gasteiger partial charge in [-0.05, 0) is 12.0 Å². The Balaban J connectivity index is 1.83. The fourth-order valence-electron chi connectivity index (χ4n) is 2.06. The third kappa shape index (κ3) is 3.22. The molecule has 1 aliphatic rings. The van der Waals surface area contributed by atoms with Gasteiger partial charge in [0.2, 0.25) is 0 Å². The van der Waals surface area contributed by atoms with E-state index >= 15 is 0 Å². The van der Waals surface area contributed by atoms with Gasteiger partial charge in [0.05, 0.1) is 0 Å². The minimum absolute atomic E-state index is 0.181. The van der Waals surface area contributed by atoms with Crippen LogP contribution in [0.15, 0.2) is 30.3 Å². The number of amides is 2. The van der Waals surface area contributed by atoms with Crippen LogP contribution in [-0.2, 0) is 6.42 Å². The van der Waals surface area contributed by atoms with Crippen molar-refractivity contribution in [3.63, 3.8) is 0 Å². The zero-order chi connectivity index (χ0) is 12.1. The second-order valence-electron chi connectivity index (χ2n) is 4.18. The monoisotopic (exact) mass is 296 g/mol. The van der Waals surface area contributed by atoms with Crippen molar-refractivity contribution in [1.29, 1.82) is 0 Å². The summed E-state index contributed by atoms with van der Waals surface area (Å²) in [4.78, 5) is 15.8. The van der Waals surface area contributed by atoms with Crippen LogP contribution in [0.3, 0.4) is 0 Å². The zero-order valence-corrected chi connectivity index (χ0v) is 11.4. The number of rotatable bonds is 5. The van der Waals surface area contributed by atoms with Crippen LogP contribution in [0, 0.1) is 0 Å². The molecule has 0 saturated carbocycles. The molecule has 0 aliphatic carbocycles. The molecule has 1 heterocycles. The van der Waals surface area contributed by atoms with Gasteiger partial charge in [-0.1, -0.05) is 46.3 Å². The van der Waals surface area contributed by atoms with E-state index in [4.69, 9.17) is 0 Å². The zero-order valence-electron chi connectivity index (χ0n) is 9.81. The fraction of sp³-hybridized carbons (Fsp3) is 0.462. The summed E-state index contributed by atoms with van der Waals surface area (Å²) < 4.78 is 0. The Hall–Kier alpha value is -1.03. The summed E-state index contributed by atoms with van der Waals surface area (Å²) in [6, 6.07) is 10.5. The molecule has 17 heavy (non-hydrogen) atoms.